The molecule has 2 rings (SSSR count). The van der Waals surface area contributed by atoms with Gasteiger partial charge in [-0.3, -0.25) is 4.79 Å². The highest BCUT2D eigenvalue weighted by molar-refractivity contribution is 5.85. The number of rotatable bonds is 7. The third-order valence-electron chi connectivity index (χ3n) is 3.15. The van der Waals surface area contributed by atoms with E-state index in [1.807, 2.05) is 4.90 Å². The number of aromatic nitrogens is 2. The van der Waals surface area contributed by atoms with Gasteiger partial charge in [0.25, 0.3) is 0 Å². The number of anilines is 1. The fraction of sp³-hybridized carbons (Fsp3) is 0.615. The number of nitrogens with zero attached hydrogens (tertiary/aromatic N) is 3. The van der Waals surface area contributed by atoms with Crippen molar-refractivity contribution in [1.29, 1.82) is 0 Å². The number of aliphatic hydroxyl groups is 1. The standard InChI is InChI=1S/C13H20N4O3/c18-8-10-20-9-6-14-12(19)11-3-1-7-17(11)13-15-4-2-5-16-13/h2,4-5,11,18H,1,3,6-10H2,(H,14,19). The highest BCUT2D eigenvalue weighted by Gasteiger charge is 2.31. The molecule has 1 aliphatic heterocycles. The Balaban J connectivity index is 1.83. The summed E-state index contributed by atoms with van der Waals surface area (Å²) in [5, 5.41) is 11.4. The minimum absolute atomic E-state index is 0.00427. The first kappa shape index (κ1) is 14.7. The molecule has 0 bridgehead atoms. The molecule has 7 nitrogen and oxygen atoms in total. The molecule has 2 heterocycles. The summed E-state index contributed by atoms with van der Waals surface area (Å²) in [6.07, 6.45) is 5.12. The monoisotopic (exact) mass is 280 g/mol. The lowest BCUT2D eigenvalue weighted by Crippen LogP contribution is -2.44. The molecule has 1 saturated heterocycles. The fourth-order valence-electron chi connectivity index (χ4n) is 2.25. The second-order valence-electron chi connectivity index (χ2n) is 4.53. The Hall–Kier alpha value is -1.73. The van der Waals surface area contributed by atoms with Crippen molar-refractivity contribution in [3.63, 3.8) is 0 Å². The summed E-state index contributed by atoms with van der Waals surface area (Å²) in [4.78, 5) is 22.5. The van der Waals surface area contributed by atoms with Crippen molar-refractivity contribution < 1.29 is 14.6 Å². The minimum atomic E-state index is -0.213. The Morgan fingerprint density at radius 2 is 2.25 bits per heavy atom. The van der Waals surface area contributed by atoms with Gasteiger partial charge < -0.3 is 20.1 Å². The average Bonchev–Trinajstić information content (AvgIpc) is 2.97. The van der Waals surface area contributed by atoms with E-state index < -0.39 is 0 Å². The van der Waals surface area contributed by atoms with Gasteiger partial charge >= 0.3 is 0 Å². The molecule has 1 fully saturated rings. The third-order valence-corrected chi connectivity index (χ3v) is 3.15. The second kappa shape index (κ2) is 7.76. The van der Waals surface area contributed by atoms with E-state index in [4.69, 9.17) is 9.84 Å². The van der Waals surface area contributed by atoms with E-state index in [2.05, 4.69) is 15.3 Å². The van der Waals surface area contributed by atoms with Crippen LogP contribution in [-0.2, 0) is 9.53 Å². The maximum Gasteiger partial charge on any atom is 0.242 e. The van der Waals surface area contributed by atoms with Crippen LogP contribution in [-0.4, -0.2) is 59.9 Å². The fourth-order valence-corrected chi connectivity index (χ4v) is 2.25. The molecule has 0 aliphatic carbocycles. The van der Waals surface area contributed by atoms with Gasteiger partial charge in [-0.1, -0.05) is 0 Å². The van der Waals surface area contributed by atoms with Crippen LogP contribution in [0.5, 0.6) is 0 Å². The van der Waals surface area contributed by atoms with Gasteiger partial charge in [-0.15, -0.1) is 0 Å². The average molecular weight is 280 g/mol. The molecule has 0 radical (unpaired) electrons. The van der Waals surface area contributed by atoms with Crippen LogP contribution in [0.15, 0.2) is 18.5 Å². The molecule has 1 aliphatic rings. The van der Waals surface area contributed by atoms with E-state index in [1.165, 1.54) is 0 Å². The SMILES string of the molecule is O=C(NCCOCCO)C1CCCN1c1ncccn1. The number of amides is 1. The lowest BCUT2D eigenvalue weighted by molar-refractivity contribution is -0.122. The number of carbonyl (C=O) groups is 1. The van der Waals surface area contributed by atoms with Crippen LogP contribution in [0.25, 0.3) is 0 Å². The van der Waals surface area contributed by atoms with Crippen molar-refractivity contribution in [2.45, 2.75) is 18.9 Å². The van der Waals surface area contributed by atoms with Crippen molar-refractivity contribution in [3.8, 4) is 0 Å². The second-order valence-corrected chi connectivity index (χ2v) is 4.53. The molecule has 0 aromatic carbocycles. The first-order chi connectivity index (χ1) is 9.83. The van der Waals surface area contributed by atoms with E-state index in [-0.39, 0.29) is 18.6 Å². The molecular weight excluding hydrogens is 260 g/mol. The summed E-state index contributed by atoms with van der Waals surface area (Å²) in [7, 11) is 0. The van der Waals surface area contributed by atoms with Crippen molar-refractivity contribution in [1.82, 2.24) is 15.3 Å². The molecule has 1 aromatic rings. The Kier molecular flexibility index (Phi) is 5.69. The number of hydrogen-bond acceptors (Lipinski definition) is 6. The van der Waals surface area contributed by atoms with Crippen LogP contribution in [0.4, 0.5) is 5.95 Å². The normalized spacial score (nSPS) is 18.2. The number of nitrogens with one attached hydrogen (secondary N) is 1. The quantitative estimate of drug-likeness (QED) is 0.659. The van der Waals surface area contributed by atoms with Crippen molar-refractivity contribution in [2.24, 2.45) is 0 Å². The largest absolute Gasteiger partial charge is 0.394 e. The number of carbonyl (C=O) groups excluding carboxylic acids is 1. The molecule has 1 atom stereocenters. The summed E-state index contributed by atoms with van der Waals surface area (Å²) in [5.41, 5.74) is 0. The highest BCUT2D eigenvalue weighted by atomic mass is 16.5. The summed E-state index contributed by atoms with van der Waals surface area (Å²) in [6, 6.07) is 1.54. The topological polar surface area (TPSA) is 87.6 Å². The smallest absolute Gasteiger partial charge is 0.242 e. The van der Waals surface area contributed by atoms with E-state index in [0.717, 1.165) is 19.4 Å². The van der Waals surface area contributed by atoms with Crippen molar-refractivity contribution in [3.05, 3.63) is 18.5 Å². The van der Waals surface area contributed by atoms with Crippen LogP contribution in [0.3, 0.4) is 0 Å². The minimum Gasteiger partial charge on any atom is -0.394 e. The van der Waals surface area contributed by atoms with Gasteiger partial charge in [-0.05, 0) is 18.9 Å². The lowest BCUT2D eigenvalue weighted by Gasteiger charge is -2.23. The Labute approximate surface area is 118 Å². The number of hydrogen-bond donors (Lipinski definition) is 2. The van der Waals surface area contributed by atoms with Crippen LogP contribution >= 0.6 is 0 Å². The predicted molar refractivity (Wildman–Crippen MR) is 73.3 cm³/mol. The maximum atomic E-state index is 12.1. The van der Waals surface area contributed by atoms with E-state index in [1.54, 1.807) is 18.5 Å². The van der Waals surface area contributed by atoms with Gasteiger partial charge in [-0.2, -0.15) is 0 Å². The molecule has 1 aromatic heterocycles. The Morgan fingerprint density at radius 3 is 3.00 bits per heavy atom. The van der Waals surface area contributed by atoms with E-state index >= 15 is 0 Å². The third kappa shape index (κ3) is 3.88. The van der Waals surface area contributed by atoms with Gasteiger partial charge in [0.2, 0.25) is 11.9 Å². The number of ether oxygens (including phenoxy) is 1. The van der Waals surface area contributed by atoms with Crippen molar-refractivity contribution >= 4 is 11.9 Å². The zero-order chi connectivity index (χ0) is 14.2. The van der Waals surface area contributed by atoms with Gasteiger partial charge in [0, 0.05) is 25.5 Å². The zero-order valence-corrected chi connectivity index (χ0v) is 11.4. The maximum absolute atomic E-state index is 12.1. The van der Waals surface area contributed by atoms with Gasteiger partial charge in [0.1, 0.15) is 6.04 Å². The molecule has 2 N–H and O–H groups in total. The molecular formula is C13H20N4O3. The summed E-state index contributed by atoms with van der Waals surface area (Å²) in [6.45, 7) is 1.93. The molecule has 0 spiro atoms. The van der Waals surface area contributed by atoms with Gasteiger partial charge in [-0.25, -0.2) is 9.97 Å². The van der Waals surface area contributed by atoms with Crippen LogP contribution in [0.2, 0.25) is 0 Å². The molecule has 1 unspecified atom stereocenters. The molecule has 20 heavy (non-hydrogen) atoms. The van der Waals surface area contributed by atoms with E-state index in [0.29, 0.717) is 25.7 Å². The van der Waals surface area contributed by atoms with Gasteiger partial charge in [0.05, 0.1) is 19.8 Å². The molecule has 1 amide bonds. The zero-order valence-electron chi connectivity index (χ0n) is 11.4. The van der Waals surface area contributed by atoms with E-state index in [9.17, 15) is 4.79 Å². The first-order valence-corrected chi connectivity index (χ1v) is 6.83. The molecule has 7 heteroatoms. The summed E-state index contributed by atoms with van der Waals surface area (Å²) in [5.74, 6) is 0.573. The summed E-state index contributed by atoms with van der Waals surface area (Å²) >= 11 is 0. The first-order valence-electron chi connectivity index (χ1n) is 6.83. The Morgan fingerprint density at radius 1 is 1.45 bits per heavy atom. The highest BCUT2D eigenvalue weighted by Crippen LogP contribution is 2.21. The van der Waals surface area contributed by atoms with Crippen LogP contribution in [0, 0.1) is 0 Å². The Bertz CT molecular complexity index is 415. The van der Waals surface area contributed by atoms with Gasteiger partial charge in [0.15, 0.2) is 0 Å². The van der Waals surface area contributed by atoms with Crippen LogP contribution in [0.1, 0.15) is 12.8 Å². The lowest BCUT2D eigenvalue weighted by atomic mass is 10.2. The number of aliphatic hydroxyl groups excluding tert-OH is 1. The molecule has 110 valence electrons. The van der Waals surface area contributed by atoms with Crippen molar-refractivity contribution in [2.75, 3.05) is 37.8 Å². The summed E-state index contributed by atoms with van der Waals surface area (Å²) < 4.78 is 5.10. The molecule has 0 saturated carbocycles. The predicted octanol–water partition coefficient (Wildman–Crippen LogP) is -0.429. The van der Waals surface area contributed by atoms with Crippen LogP contribution < -0.4 is 10.2 Å².